The lowest BCUT2D eigenvalue weighted by Crippen LogP contribution is -2.44. The zero-order valence-corrected chi connectivity index (χ0v) is 22.4. The molecule has 2 aromatic rings. The molecule has 0 saturated heterocycles. The molecule has 12 heteroatoms. The van der Waals surface area contributed by atoms with Crippen LogP contribution < -0.4 is 35.9 Å². The second-order valence-corrected chi connectivity index (χ2v) is 8.47. The van der Waals surface area contributed by atoms with Crippen molar-refractivity contribution in [2.45, 2.75) is 44.8 Å². The van der Waals surface area contributed by atoms with Crippen molar-refractivity contribution in [2.75, 3.05) is 33.2 Å². The van der Waals surface area contributed by atoms with Crippen molar-refractivity contribution >= 4 is 29.5 Å². The van der Waals surface area contributed by atoms with Gasteiger partial charge in [-0.3, -0.25) is 14.4 Å². The largest absolute Gasteiger partial charge is 0.493 e. The first-order chi connectivity index (χ1) is 18.8. The van der Waals surface area contributed by atoms with E-state index < -0.39 is 18.0 Å². The van der Waals surface area contributed by atoms with Gasteiger partial charge in [-0.15, -0.1) is 0 Å². The molecular formula is C27H36N4O8. The number of nitrogens with two attached hydrogens (primary N) is 1. The number of hydrogen-bond donors (Lipinski definition) is 4. The Balaban J connectivity index is 1.66. The maximum atomic E-state index is 12.3. The quantitative estimate of drug-likeness (QED) is 0.234. The Bertz CT molecular complexity index is 1090. The van der Waals surface area contributed by atoms with Gasteiger partial charge in [0.1, 0.15) is 12.6 Å². The third kappa shape index (κ3) is 10.8. The maximum Gasteiger partial charge on any atom is 0.408 e. The van der Waals surface area contributed by atoms with Crippen molar-refractivity contribution in [3.63, 3.8) is 0 Å². The van der Waals surface area contributed by atoms with Crippen LogP contribution in [0.4, 0.5) is 10.5 Å². The van der Waals surface area contributed by atoms with Crippen molar-refractivity contribution in [3.8, 4) is 17.2 Å². The van der Waals surface area contributed by atoms with E-state index in [1.54, 1.807) is 12.1 Å². The van der Waals surface area contributed by atoms with Crippen LogP contribution in [0.2, 0.25) is 0 Å². The Morgan fingerprint density at radius 1 is 0.872 bits per heavy atom. The first-order valence-electron chi connectivity index (χ1n) is 12.4. The predicted molar refractivity (Wildman–Crippen MR) is 144 cm³/mol. The third-order valence-electron chi connectivity index (χ3n) is 5.62. The molecule has 0 aromatic heterocycles. The molecule has 2 aromatic carbocycles. The van der Waals surface area contributed by atoms with Gasteiger partial charge in [0.25, 0.3) is 0 Å². The van der Waals surface area contributed by atoms with Crippen LogP contribution in [0.1, 0.15) is 37.7 Å². The number of ether oxygens (including phenoxy) is 4. The molecule has 0 bridgehead atoms. The average molecular weight is 545 g/mol. The van der Waals surface area contributed by atoms with Gasteiger partial charge < -0.3 is 40.6 Å². The normalized spacial score (nSPS) is 11.1. The molecule has 212 valence electrons. The zero-order chi connectivity index (χ0) is 28.6. The van der Waals surface area contributed by atoms with Gasteiger partial charge in [-0.05, 0) is 24.8 Å². The van der Waals surface area contributed by atoms with Gasteiger partial charge in [0.2, 0.25) is 23.5 Å². The van der Waals surface area contributed by atoms with Gasteiger partial charge >= 0.3 is 6.09 Å². The minimum Gasteiger partial charge on any atom is -0.493 e. The van der Waals surface area contributed by atoms with E-state index >= 15 is 0 Å². The Morgan fingerprint density at radius 2 is 1.51 bits per heavy atom. The van der Waals surface area contributed by atoms with Crippen LogP contribution in [-0.4, -0.2) is 57.7 Å². The third-order valence-corrected chi connectivity index (χ3v) is 5.62. The highest BCUT2D eigenvalue weighted by molar-refractivity contribution is 5.93. The number of nitrogens with one attached hydrogen (secondary N) is 3. The SMILES string of the molecule is COc1cc(NC(=O)CCC(=O)NCCCC[C@H](NC(=O)OCc2ccccc2)C(N)=O)cc(OC)c1OC. The molecule has 1 atom stereocenters. The molecule has 12 nitrogen and oxygen atoms in total. The molecule has 0 saturated carbocycles. The van der Waals surface area contributed by atoms with E-state index in [1.807, 2.05) is 30.3 Å². The minimum absolute atomic E-state index is 0.00498. The van der Waals surface area contributed by atoms with Gasteiger partial charge in [-0.25, -0.2) is 4.79 Å². The summed E-state index contributed by atoms with van der Waals surface area (Å²) >= 11 is 0. The molecule has 0 fully saturated rings. The molecule has 0 heterocycles. The summed E-state index contributed by atoms with van der Waals surface area (Å²) in [5, 5.41) is 7.91. The molecule has 2 rings (SSSR count). The van der Waals surface area contributed by atoms with E-state index in [1.165, 1.54) is 21.3 Å². The predicted octanol–water partition coefficient (Wildman–Crippen LogP) is 2.50. The molecular weight excluding hydrogens is 508 g/mol. The number of primary amides is 1. The number of carbonyl (C=O) groups is 4. The van der Waals surface area contributed by atoms with E-state index in [0.29, 0.717) is 48.7 Å². The fraction of sp³-hybridized carbons (Fsp3) is 0.407. The monoisotopic (exact) mass is 544 g/mol. The molecule has 0 aliphatic heterocycles. The van der Waals surface area contributed by atoms with Crippen molar-refractivity contribution in [1.82, 2.24) is 10.6 Å². The van der Waals surface area contributed by atoms with Crippen LogP contribution in [0.15, 0.2) is 42.5 Å². The van der Waals surface area contributed by atoms with Crippen LogP contribution in [0.25, 0.3) is 0 Å². The number of alkyl carbamates (subject to hydrolysis) is 1. The lowest BCUT2D eigenvalue weighted by Gasteiger charge is -2.15. The van der Waals surface area contributed by atoms with Crippen LogP contribution in [-0.2, 0) is 25.7 Å². The lowest BCUT2D eigenvalue weighted by atomic mass is 10.1. The van der Waals surface area contributed by atoms with Crippen molar-refractivity contribution in [1.29, 1.82) is 0 Å². The van der Waals surface area contributed by atoms with Gasteiger partial charge in [0.15, 0.2) is 11.5 Å². The fourth-order valence-electron chi connectivity index (χ4n) is 3.59. The fourth-order valence-corrected chi connectivity index (χ4v) is 3.59. The number of hydrogen-bond acceptors (Lipinski definition) is 8. The van der Waals surface area contributed by atoms with E-state index in [0.717, 1.165) is 5.56 Å². The van der Waals surface area contributed by atoms with Crippen LogP contribution in [0.3, 0.4) is 0 Å². The number of rotatable bonds is 16. The summed E-state index contributed by atoms with van der Waals surface area (Å²) in [4.78, 5) is 48.1. The van der Waals surface area contributed by atoms with Crippen LogP contribution in [0, 0.1) is 0 Å². The Labute approximate surface area is 227 Å². The van der Waals surface area contributed by atoms with E-state index in [9.17, 15) is 19.2 Å². The summed E-state index contributed by atoms with van der Waals surface area (Å²) in [5.41, 5.74) is 6.65. The van der Waals surface area contributed by atoms with Crippen LogP contribution >= 0.6 is 0 Å². The van der Waals surface area contributed by atoms with Crippen molar-refractivity contribution in [3.05, 3.63) is 48.0 Å². The van der Waals surface area contributed by atoms with E-state index in [-0.39, 0.29) is 31.3 Å². The zero-order valence-electron chi connectivity index (χ0n) is 22.4. The van der Waals surface area contributed by atoms with E-state index in [2.05, 4.69) is 16.0 Å². The summed E-state index contributed by atoms with van der Waals surface area (Å²) in [5.74, 6) is -0.129. The van der Waals surface area contributed by atoms with Gasteiger partial charge in [-0.1, -0.05) is 30.3 Å². The molecule has 4 amide bonds. The highest BCUT2D eigenvalue weighted by Crippen LogP contribution is 2.39. The first-order valence-corrected chi connectivity index (χ1v) is 12.4. The maximum absolute atomic E-state index is 12.3. The summed E-state index contributed by atoms with van der Waals surface area (Å²) in [6.45, 7) is 0.419. The van der Waals surface area contributed by atoms with E-state index in [4.69, 9.17) is 24.7 Å². The van der Waals surface area contributed by atoms with Gasteiger partial charge in [0.05, 0.1) is 21.3 Å². The number of anilines is 1. The number of carbonyl (C=O) groups excluding carboxylic acids is 4. The smallest absolute Gasteiger partial charge is 0.408 e. The summed E-state index contributed by atoms with van der Waals surface area (Å²) in [7, 11) is 4.42. The Kier molecular flexibility index (Phi) is 12.9. The second-order valence-electron chi connectivity index (χ2n) is 8.47. The van der Waals surface area contributed by atoms with Crippen molar-refractivity contribution < 1.29 is 38.1 Å². The lowest BCUT2D eigenvalue weighted by molar-refractivity contribution is -0.124. The van der Waals surface area contributed by atoms with Crippen molar-refractivity contribution in [2.24, 2.45) is 5.73 Å². The highest BCUT2D eigenvalue weighted by Gasteiger charge is 2.19. The van der Waals surface area contributed by atoms with Crippen LogP contribution in [0.5, 0.6) is 17.2 Å². The number of benzene rings is 2. The molecule has 0 aliphatic carbocycles. The van der Waals surface area contributed by atoms with Gasteiger partial charge in [0, 0.05) is 37.2 Å². The minimum atomic E-state index is -0.886. The first kappa shape index (κ1) is 30.7. The highest BCUT2D eigenvalue weighted by atomic mass is 16.5. The molecule has 0 aliphatic rings. The Hall–Kier alpha value is -4.48. The molecule has 39 heavy (non-hydrogen) atoms. The topological polar surface area (TPSA) is 167 Å². The second kappa shape index (κ2) is 16.4. The molecule has 0 radical (unpaired) electrons. The summed E-state index contributed by atoms with van der Waals surface area (Å²) < 4.78 is 20.9. The standard InChI is InChI=1S/C27H36N4O8/c1-36-21-15-19(16-22(37-2)25(21)38-3)30-24(33)13-12-23(32)29-14-8-7-11-20(26(28)34)31-27(35)39-17-18-9-5-4-6-10-18/h4-6,9-10,15-16,20H,7-8,11-14,17H2,1-3H3,(H2,28,34)(H,29,32)(H,30,33)(H,31,35)/t20-/m0/s1. The molecule has 5 N–H and O–H groups in total. The van der Waals surface area contributed by atoms with Gasteiger partial charge in [-0.2, -0.15) is 0 Å². The summed E-state index contributed by atoms with van der Waals surface area (Å²) in [6, 6.07) is 11.4. The summed E-state index contributed by atoms with van der Waals surface area (Å²) in [6.07, 6.45) is 0.599. The average Bonchev–Trinajstić information content (AvgIpc) is 2.93. The molecule has 0 unspecified atom stereocenters. The number of unbranched alkanes of at least 4 members (excludes halogenated alkanes) is 1. The number of amides is 4. The number of methoxy groups -OCH3 is 3. The molecule has 0 spiro atoms. The Morgan fingerprint density at radius 3 is 2.10 bits per heavy atom.